The molecule has 15 heteroatoms. The minimum absolute atomic E-state index is 0.226. The number of carbonyl (C=O) groups is 1. The number of aliphatic hydroxyl groups is 1. The number of imidazole rings is 1. The largest absolute Gasteiger partial charge is 0.462 e. The van der Waals surface area contributed by atoms with Crippen LogP contribution in [-0.4, -0.2) is 74.3 Å². The van der Waals surface area contributed by atoms with Crippen LogP contribution in [-0.2, 0) is 23.4 Å². The average Bonchev–Trinajstić information content (AvgIpc) is 3.49. The number of esters is 1. The number of fused-ring (bicyclic) bond motifs is 2. The van der Waals surface area contributed by atoms with Crippen LogP contribution >= 0.6 is 7.75 Å². The fraction of sp³-hybridized carbons (Fsp3) is 0.429. The molecule has 6 atom stereocenters. The molecule has 2 aromatic carbocycles. The highest BCUT2D eigenvalue weighted by molar-refractivity contribution is 7.52. The maximum atomic E-state index is 16.1. The van der Waals surface area contributed by atoms with E-state index in [-0.39, 0.29) is 11.4 Å². The quantitative estimate of drug-likeness (QED) is 0.164. The summed E-state index contributed by atoms with van der Waals surface area (Å²) in [6.07, 6.45) is -2.11. The van der Waals surface area contributed by atoms with Gasteiger partial charge in [0, 0.05) is 12.4 Å². The molecule has 1 aliphatic heterocycles. The summed E-state index contributed by atoms with van der Waals surface area (Å²) in [6.45, 7) is 5.45. The molecule has 0 unspecified atom stereocenters. The third kappa shape index (κ3) is 6.20. The van der Waals surface area contributed by atoms with Crippen LogP contribution in [0.2, 0.25) is 0 Å². The Morgan fingerprint density at radius 2 is 1.93 bits per heavy atom. The van der Waals surface area contributed by atoms with Crippen LogP contribution in [0.4, 0.5) is 10.2 Å². The highest BCUT2D eigenvalue weighted by Crippen LogP contribution is 2.49. The number of nitrogens with zero attached hydrogens (tertiary/aromatic N) is 4. The standard InChI is InChI=1S/C28H34FN6O7P/c1-16(2)40-26(37)17(3)34-43(38,42-20-12-8-10-18-9-6-7-11-19(18)20)39-13-21-23(36)28(4,29)27(41-21)35-15-33-22-24(30-5)31-14-32-25(22)35/h6-12,14-17,21,23,27,36H,13H2,1-5H3,(H,34,38)(H,30,31,32)/t17-,21-,23-,27-,28-,43+/m1/s1. The van der Waals surface area contributed by atoms with Crippen LogP contribution in [0.15, 0.2) is 55.1 Å². The number of hydrogen-bond donors (Lipinski definition) is 3. The van der Waals surface area contributed by atoms with Gasteiger partial charge in [-0.25, -0.2) is 23.9 Å². The topological polar surface area (TPSA) is 159 Å². The number of benzene rings is 2. The third-order valence-electron chi connectivity index (χ3n) is 7.00. The Bertz CT molecular complexity index is 1660. The fourth-order valence-electron chi connectivity index (χ4n) is 4.85. The Kier molecular flexibility index (Phi) is 8.68. The molecule has 2 aromatic heterocycles. The molecule has 1 aliphatic rings. The Morgan fingerprint density at radius 1 is 1.19 bits per heavy atom. The third-order valence-corrected chi connectivity index (χ3v) is 8.63. The van der Waals surface area contributed by atoms with Crippen molar-refractivity contribution in [3.63, 3.8) is 0 Å². The van der Waals surface area contributed by atoms with Gasteiger partial charge in [-0.3, -0.25) is 13.9 Å². The molecular formula is C28H34FN6O7P. The van der Waals surface area contributed by atoms with E-state index >= 15 is 4.39 Å². The van der Waals surface area contributed by atoms with Crippen LogP contribution in [0.3, 0.4) is 0 Å². The molecule has 0 saturated carbocycles. The van der Waals surface area contributed by atoms with E-state index in [1.54, 1.807) is 45.2 Å². The van der Waals surface area contributed by atoms with Crippen molar-refractivity contribution in [1.82, 2.24) is 24.6 Å². The Morgan fingerprint density at radius 3 is 2.67 bits per heavy atom. The smallest absolute Gasteiger partial charge is 0.459 e. The number of halogens is 1. The summed E-state index contributed by atoms with van der Waals surface area (Å²) < 4.78 is 54.4. The van der Waals surface area contributed by atoms with Crippen LogP contribution < -0.4 is 14.9 Å². The van der Waals surface area contributed by atoms with Crippen LogP contribution in [0.1, 0.15) is 33.9 Å². The maximum Gasteiger partial charge on any atom is 0.459 e. The maximum absolute atomic E-state index is 16.1. The van der Waals surface area contributed by atoms with Crippen molar-refractivity contribution in [1.29, 1.82) is 0 Å². The molecule has 5 rings (SSSR count). The number of rotatable bonds is 11. The van der Waals surface area contributed by atoms with Gasteiger partial charge in [0.15, 0.2) is 23.4 Å². The molecule has 0 radical (unpaired) electrons. The lowest BCUT2D eigenvalue weighted by atomic mass is 9.98. The molecule has 230 valence electrons. The van der Waals surface area contributed by atoms with Gasteiger partial charge in [-0.15, -0.1) is 0 Å². The van der Waals surface area contributed by atoms with Gasteiger partial charge in [0.2, 0.25) is 0 Å². The van der Waals surface area contributed by atoms with E-state index in [4.69, 9.17) is 18.5 Å². The monoisotopic (exact) mass is 616 g/mol. The van der Waals surface area contributed by atoms with Gasteiger partial charge in [-0.1, -0.05) is 36.4 Å². The number of nitrogens with one attached hydrogen (secondary N) is 2. The lowest BCUT2D eigenvalue weighted by Crippen LogP contribution is -2.41. The van der Waals surface area contributed by atoms with Crippen LogP contribution in [0, 0.1) is 0 Å². The van der Waals surface area contributed by atoms with Gasteiger partial charge < -0.3 is 24.4 Å². The molecule has 0 bridgehead atoms. The summed E-state index contributed by atoms with van der Waals surface area (Å²) in [5.74, 6) is -0.0152. The van der Waals surface area contributed by atoms with Crippen molar-refractivity contribution in [3.8, 4) is 5.75 Å². The van der Waals surface area contributed by atoms with Gasteiger partial charge in [0.25, 0.3) is 0 Å². The summed E-state index contributed by atoms with van der Waals surface area (Å²) in [5.41, 5.74) is -1.65. The van der Waals surface area contributed by atoms with Crippen molar-refractivity contribution in [2.75, 3.05) is 19.0 Å². The van der Waals surface area contributed by atoms with Crippen LogP contribution in [0.25, 0.3) is 21.9 Å². The average molecular weight is 617 g/mol. The number of anilines is 1. The predicted molar refractivity (Wildman–Crippen MR) is 156 cm³/mol. The molecule has 3 N–H and O–H groups in total. The Balaban J connectivity index is 1.40. The van der Waals surface area contributed by atoms with E-state index < -0.39 is 56.6 Å². The SMILES string of the molecule is CNc1ncnc2c1ncn2[C@@H]1O[C@H](CO[P@@](=O)(N[C@H](C)C(=O)OC(C)C)Oc2cccc3ccccc23)[C@@H](O)[C@@]1(C)F. The fourth-order valence-corrected chi connectivity index (χ4v) is 6.37. The van der Waals surface area contributed by atoms with Crippen molar-refractivity contribution in [3.05, 3.63) is 55.1 Å². The zero-order valence-electron chi connectivity index (χ0n) is 24.3. The van der Waals surface area contributed by atoms with E-state index in [0.29, 0.717) is 16.7 Å². The summed E-state index contributed by atoms with van der Waals surface area (Å²) in [6, 6.07) is 11.4. The van der Waals surface area contributed by atoms with Gasteiger partial charge >= 0.3 is 13.7 Å². The highest BCUT2D eigenvalue weighted by Gasteiger charge is 2.56. The van der Waals surface area contributed by atoms with E-state index in [1.165, 1.54) is 31.1 Å². The summed E-state index contributed by atoms with van der Waals surface area (Å²) in [5, 5.41) is 18.0. The number of hydrogen-bond acceptors (Lipinski definition) is 11. The molecule has 3 heterocycles. The number of ether oxygens (including phenoxy) is 2. The second-order valence-electron chi connectivity index (χ2n) is 10.6. The first-order valence-corrected chi connectivity index (χ1v) is 15.3. The number of aromatic nitrogens is 4. The van der Waals surface area contributed by atoms with E-state index in [2.05, 4.69) is 25.4 Å². The molecule has 1 fully saturated rings. The molecule has 13 nitrogen and oxygen atoms in total. The first-order chi connectivity index (χ1) is 20.4. The minimum atomic E-state index is -4.36. The lowest BCUT2D eigenvalue weighted by Gasteiger charge is -2.26. The summed E-state index contributed by atoms with van der Waals surface area (Å²) in [7, 11) is -2.70. The molecule has 0 aliphatic carbocycles. The van der Waals surface area contributed by atoms with Gasteiger partial charge in [-0.2, -0.15) is 5.09 Å². The normalized spacial score (nSPS) is 24.2. The second-order valence-corrected chi connectivity index (χ2v) is 12.3. The Hall–Kier alpha value is -3.68. The Labute approximate surface area is 247 Å². The lowest BCUT2D eigenvalue weighted by molar-refractivity contribution is -0.149. The summed E-state index contributed by atoms with van der Waals surface area (Å²) in [4.78, 5) is 25.2. The number of carbonyl (C=O) groups excluding carboxylic acids is 1. The zero-order chi connectivity index (χ0) is 30.9. The van der Waals surface area contributed by atoms with Crippen LogP contribution in [0.5, 0.6) is 5.75 Å². The molecule has 43 heavy (non-hydrogen) atoms. The summed E-state index contributed by atoms with van der Waals surface area (Å²) >= 11 is 0. The van der Waals surface area contributed by atoms with Gasteiger partial charge in [0.05, 0.1) is 19.0 Å². The van der Waals surface area contributed by atoms with Crippen molar-refractivity contribution < 1.29 is 37.4 Å². The van der Waals surface area contributed by atoms with E-state index in [9.17, 15) is 14.5 Å². The van der Waals surface area contributed by atoms with E-state index in [0.717, 1.165) is 5.39 Å². The van der Waals surface area contributed by atoms with Gasteiger partial charge in [-0.05, 0) is 39.1 Å². The molecular weight excluding hydrogens is 582 g/mol. The second kappa shape index (κ2) is 12.1. The number of alkyl halides is 1. The van der Waals surface area contributed by atoms with Crippen molar-refractivity contribution in [2.45, 2.75) is 63.9 Å². The van der Waals surface area contributed by atoms with Gasteiger partial charge in [0.1, 0.15) is 35.8 Å². The molecule has 1 saturated heterocycles. The highest BCUT2D eigenvalue weighted by atomic mass is 31.2. The molecule has 4 aromatic rings. The zero-order valence-corrected chi connectivity index (χ0v) is 25.2. The predicted octanol–water partition coefficient (Wildman–Crippen LogP) is 4.14. The number of aliphatic hydroxyl groups excluding tert-OH is 1. The first-order valence-electron chi connectivity index (χ1n) is 13.7. The molecule has 0 amide bonds. The van der Waals surface area contributed by atoms with E-state index in [1.807, 2.05) is 18.2 Å². The van der Waals surface area contributed by atoms with Crippen molar-refractivity contribution in [2.24, 2.45) is 0 Å². The molecule has 0 spiro atoms. The minimum Gasteiger partial charge on any atom is -0.462 e. The van der Waals surface area contributed by atoms with Crippen molar-refractivity contribution >= 4 is 41.5 Å². The first kappa shape index (κ1) is 30.8.